The van der Waals surface area contributed by atoms with Gasteiger partial charge in [0.1, 0.15) is 5.84 Å². The van der Waals surface area contributed by atoms with Crippen LogP contribution >= 0.6 is 11.8 Å². The molecule has 4 nitrogen and oxygen atoms in total. The van der Waals surface area contributed by atoms with Gasteiger partial charge in [0.25, 0.3) is 0 Å². The molecule has 0 aliphatic carbocycles. The minimum atomic E-state index is -0.103. The van der Waals surface area contributed by atoms with Crippen molar-refractivity contribution in [2.75, 3.05) is 6.61 Å². The second-order valence-corrected chi connectivity index (χ2v) is 9.69. The Bertz CT molecular complexity index is 756. The zero-order valence-electron chi connectivity index (χ0n) is 17.2. The molecule has 0 aliphatic heterocycles. The molecular formula is C23H31N3OS. The van der Waals surface area contributed by atoms with Crippen molar-refractivity contribution < 1.29 is 4.74 Å². The molecule has 0 radical (unpaired) electrons. The van der Waals surface area contributed by atoms with E-state index in [9.17, 15) is 0 Å². The van der Waals surface area contributed by atoms with Crippen molar-refractivity contribution in [2.45, 2.75) is 45.6 Å². The molecule has 0 saturated heterocycles. The monoisotopic (exact) mass is 397 g/mol. The maximum atomic E-state index is 8.71. The summed E-state index contributed by atoms with van der Waals surface area (Å²) in [5, 5.41) is 17.7. The van der Waals surface area contributed by atoms with Gasteiger partial charge in [-0.25, -0.2) is 0 Å². The topological polar surface area (TPSA) is 60.2 Å². The Kier molecular flexibility index (Phi) is 8.27. The second-order valence-electron chi connectivity index (χ2n) is 7.88. The standard InChI is InChI=1S/C23H31N3OS/c1-18(16-27-17-20-13-9-6-10-14-20)21(24)26(22(25)28-23(2,3)4)15-19-11-7-5-8-12-19/h5-14,18,24-25H,15-17H2,1-4H3/t18-/m1/s1. The van der Waals surface area contributed by atoms with Gasteiger partial charge in [0, 0.05) is 10.7 Å². The number of hydrogen-bond acceptors (Lipinski definition) is 4. The average molecular weight is 398 g/mol. The number of nitrogens with zero attached hydrogens (tertiary/aromatic N) is 1. The second kappa shape index (κ2) is 10.4. The summed E-state index contributed by atoms with van der Waals surface area (Å²) in [7, 11) is 0. The van der Waals surface area contributed by atoms with Gasteiger partial charge in [-0.15, -0.1) is 0 Å². The highest BCUT2D eigenvalue weighted by Gasteiger charge is 2.25. The van der Waals surface area contributed by atoms with Crippen LogP contribution in [0.5, 0.6) is 0 Å². The number of amidine groups is 2. The first-order valence-electron chi connectivity index (χ1n) is 9.55. The lowest BCUT2D eigenvalue weighted by molar-refractivity contribution is 0.106. The summed E-state index contributed by atoms with van der Waals surface area (Å²) >= 11 is 1.48. The van der Waals surface area contributed by atoms with Crippen LogP contribution < -0.4 is 0 Å². The van der Waals surface area contributed by atoms with E-state index >= 15 is 0 Å². The Morgan fingerprint density at radius 3 is 2.04 bits per heavy atom. The highest BCUT2D eigenvalue weighted by Crippen LogP contribution is 2.27. The van der Waals surface area contributed by atoms with Gasteiger partial charge in [0.15, 0.2) is 5.17 Å². The molecule has 1 atom stereocenters. The van der Waals surface area contributed by atoms with Crippen molar-refractivity contribution in [2.24, 2.45) is 5.92 Å². The van der Waals surface area contributed by atoms with E-state index in [1.54, 1.807) is 4.90 Å². The summed E-state index contributed by atoms with van der Waals surface area (Å²) in [5.74, 6) is 0.312. The largest absolute Gasteiger partial charge is 0.376 e. The Labute approximate surface area is 173 Å². The van der Waals surface area contributed by atoms with Crippen molar-refractivity contribution in [3.8, 4) is 0 Å². The van der Waals surface area contributed by atoms with E-state index in [1.165, 1.54) is 11.8 Å². The molecule has 2 aromatic carbocycles. The maximum absolute atomic E-state index is 8.71. The molecule has 0 spiro atoms. The van der Waals surface area contributed by atoms with Crippen molar-refractivity contribution in [3.05, 3.63) is 71.8 Å². The minimum Gasteiger partial charge on any atom is -0.376 e. The van der Waals surface area contributed by atoms with Gasteiger partial charge in [-0.1, -0.05) is 100 Å². The SMILES string of the molecule is C[C@H](COCc1ccccc1)C(=N)N(Cc1ccccc1)C(=N)SC(C)(C)C. The van der Waals surface area contributed by atoms with E-state index in [1.807, 2.05) is 67.6 Å². The van der Waals surface area contributed by atoms with E-state index in [2.05, 4.69) is 20.8 Å². The highest BCUT2D eigenvalue weighted by atomic mass is 32.2. The zero-order chi connectivity index (χ0) is 20.6. The fraction of sp³-hybridized carbons (Fsp3) is 0.391. The summed E-state index contributed by atoms with van der Waals surface area (Å²) < 4.78 is 5.75. The predicted octanol–water partition coefficient (Wildman–Crippen LogP) is 5.79. The molecule has 0 fully saturated rings. The fourth-order valence-electron chi connectivity index (χ4n) is 2.65. The van der Waals surface area contributed by atoms with E-state index < -0.39 is 0 Å². The molecule has 0 heterocycles. The maximum Gasteiger partial charge on any atom is 0.162 e. The first-order valence-corrected chi connectivity index (χ1v) is 10.4. The van der Waals surface area contributed by atoms with Gasteiger partial charge in [0.2, 0.25) is 0 Å². The molecule has 2 rings (SSSR count). The summed E-state index contributed by atoms with van der Waals surface area (Å²) in [6.45, 7) is 9.75. The molecule has 0 bridgehead atoms. The zero-order valence-corrected chi connectivity index (χ0v) is 18.1. The summed E-state index contributed by atoms with van der Waals surface area (Å²) in [5.41, 5.74) is 2.21. The van der Waals surface area contributed by atoms with Gasteiger partial charge < -0.3 is 9.64 Å². The molecule has 2 N–H and O–H groups in total. The molecule has 2 aromatic rings. The Hall–Kier alpha value is -2.11. The van der Waals surface area contributed by atoms with Crippen molar-refractivity contribution in [3.63, 3.8) is 0 Å². The van der Waals surface area contributed by atoms with Crippen molar-refractivity contribution in [1.82, 2.24) is 4.90 Å². The van der Waals surface area contributed by atoms with Gasteiger partial charge >= 0.3 is 0 Å². The van der Waals surface area contributed by atoms with Gasteiger partial charge in [-0.3, -0.25) is 10.8 Å². The van der Waals surface area contributed by atoms with Crippen molar-refractivity contribution in [1.29, 1.82) is 10.8 Å². The summed E-state index contributed by atoms with van der Waals surface area (Å²) in [6, 6.07) is 20.1. The molecule has 0 saturated carbocycles. The molecule has 0 amide bonds. The van der Waals surface area contributed by atoms with Crippen LogP contribution in [0.2, 0.25) is 0 Å². The Morgan fingerprint density at radius 1 is 0.964 bits per heavy atom. The fourth-order valence-corrected chi connectivity index (χ4v) is 3.50. The van der Waals surface area contributed by atoms with Crippen LogP contribution in [0.3, 0.4) is 0 Å². The van der Waals surface area contributed by atoms with Crippen LogP contribution in [0.4, 0.5) is 0 Å². The van der Waals surface area contributed by atoms with Crippen molar-refractivity contribution >= 4 is 22.8 Å². The number of rotatable bonds is 7. The lowest BCUT2D eigenvalue weighted by Gasteiger charge is -2.31. The van der Waals surface area contributed by atoms with Crippen LogP contribution in [0.1, 0.15) is 38.8 Å². The quantitative estimate of drug-likeness (QED) is 0.459. The Morgan fingerprint density at radius 2 is 1.50 bits per heavy atom. The molecule has 28 heavy (non-hydrogen) atoms. The average Bonchev–Trinajstić information content (AvgIpc) is 2.65. The van der Waals surface area contributed by atoms with Gasteiger partial charge in [0.05, 0.1) is 19.8 Å². The highest BCUT2D eigenvalue weighted by molar-refractivity contribution is 8.14. The van der Waals surface area contributed by atoms with Crippen LogP contribution in [-0.2, 0) is 17.9 Å². The molecule has 0 aliphatic rings. The Balaban J connectivity index is 2.02. The number of ether oxygens (including phenoxy) is 1. The number of benzene rings is 2. The normalized spacial score (nSPS) is 12.4. The van der Waals surface area contributed by atoms with Crippen LogP contribution in [0, 0.1) is 16.7 Å². The van der Waals surface area contributed by atoms with E-state index in [4.69, 9.17) is 15.6 Å². The number of hydrogen-bond donors (Lipinski definition) is 2. The van der Waals surface area contributed by atoms with E-state index in [-0.39, 0.29) is 10.7 Å². The molecule has 0 unspecified atom stereocenters. The predicted molar refractivity (Wildman–Crippen MR) is 120 cm³/mol. The molecule has 0 aromatic heterocycles. The minimum absolute atomic E-state index is 0.0840. The molecular weight excluding hydrogens is 366 g/mol. The number of thioether (sulfide) groups is 1. The van der Waals surface area contributed by atoms with Crippen LogP contribution in [0.15, 0.2) is 60.7 Å². The smallest absolute Gasteiger partial charge is 0.162 e. The molecule has 150 valence electrons. The first kappa shape index (κ1) is 22.2. The van der Waals surface area contributed by atoms with E-state index in [0.717, 1.165) is 11.1 Å². The summed E-state index contributed by atoms with van der Waals surface area (Å²) in [6.07, 6.45) is 0. The first-order chi connectivity index (χ1) is 13.3. The van der Waals surface area contributed by atoms with Crippen LogP contribution in [-0.4, -0.2) is 27.3 Å². The summed E-state index contributed by atoms with van der Waals surface area (Å²) in [4.78, 5) is 1.79. The van der Waals surface area contributed by atoms with E-state index in [0.29, 0.717) is 30.8 Å². The third-order valence-electron chi connectivity index (χ3n) is 4.07. The van der Waals surface area contributed by atoms with Crippen LogP contribution in [0.25, 0.3) is 0 Å². The third-order valence-corrected chi connectivity index (χ3v) is 5.09. The van der Waals surface area contributed by atoms with Gasteiger partial charge in [-0.05, 0) is 11.1 Å². The lowest BCUT2D eigenvalue weighted by atomic mass is 10.1. The molecule has 5 heteroatoms. The number of nitrogens with one attached hydrogen (secondary N) is 2. The third kappa shape index (κ3) is 7.49. The lowest BCUT2D eigenvalue weighted by Crippen LogP contribution is -2.40. The van der Waals surface area contributed by atoms with Gasteiger partial charge in [-0.2, -0.15) is 0 Å².